The van der Waals surface area contributed by atoms with Gasteiger partial charge in [0.25, 0.3) is 0 Å². The van der Waals surface area contributed by atoms with E-state index in [2.05, 4.69) is 13.5 Å². The highest BCUT2D eigenvalue weighted by Gasteiger charge is 2.07. The van der Waals surface area contributed by atoms with Crippen LogP contribution in [0.4, 0.5) is 0 Å². The molecule has 0 N–H and O–H groups in total. The lowest BCUT2D eigenvalue weighted by Crippen LogP contribution is -2.01. The zero-order chi connectivity index (χ0) is 14.8. The van der Waals surface area contributed by atoms with Crippen LogP contribution in [0.1, 0.15) is 38.7 Å². The van der Waals surface area contributed by atoms with Gasteiger partial charge in [-0.3, -0.25) is 4.79 Å². The molecule has 0 unspecified atom stereocenters. The second-order valence-electron chi connectivity index (χ2n) is 4.59. The molecule has 0 heterocycles. The maximum Gasteiger partial charge on any atom is 0.161 e. The van der Waals surface area contributed by atoms with Crippen molar-refractivity contribution in [2.45, 2.75) is 39.5 Å². The van der Waals surface area contributed by atoms with Gasteiger partial charge in [-0.15, -0.1) is 0 Å². The molecule has 0 saturated carbocycles. The van der Waals surface area contributed by atoms with Gasteiger partial charge in [-0.25, -0.2) is 0 Å². The molecular weight excluding hydrogens is 252 g/mol. The van der Waals surface area contributed by atoms with Crippen molar-refractivity contribution in [1.82, 2.24) is 0 Å². The summed E-state index contributed by atoms with van der Waals surface area (Å²) < 4.78 is 11.3. The molecule has 0 amide bonds. The van der Waals surface area contributed by atoms with E-state index in [4.69, 9.17) is 9.47 Å². The minimum absolute atomic E-state index is 0.0953. The largest absolute Gasteiger partial charge is 0.490 e. The lowest BCUT2D eigenvalue weighted by atomic mass is 10.1. The Hall–Kier alpha value is -1.77. The summed E-state index contributed by atoms with van der Waals surface area (Å²) in [5.41, 5.74) is 1.16. The molecule has 110 valence electrons. The highest BCUT2D eigenvalue weighted by molar-refractivity contribution is 5.88. The van der Waals surface area contributed by atoms with Crippen molar-refractivity contribution in [2.75, 3.05) is 13.2 Å². The minimum Gasteiger partial charge on any atom is -0.490 e. The summed E-state index contributed by atoms with van der Waals surface area (Å²) in [6.07, 6.45) is 4.57. The zero-order valence-electron chi connectivity index (χ0n) is 12.5. The van der Waals surface area contributed by atoms with Crippen molar-refractivity contribution < 1.29 is 14.3 Å². The van der Waals surface area contributed by atoms with Crippen LogP contribution in [-0.4, -0.2) is 19.0 Å². The number of hydrogen-bond donors (Lipinski definition) is 0. The molecule has 0 radical (unpaired) electrons. The quantitative estimate of drug-likeness (QED) is 0.607. The van der Waals surface area contributed by atoms with Crippen molar-refractivity contribution in [3.63, 3.8) is 0 Å². The number of allylic oxidation sites excluding steroid dienone is 1. The van der Waals surface area contributed by atoms with Crippen LogP contribution >= 0.6 is 0 Å². The molecule has 0 aromatic heterocycles. The molecule has 0 aliphatic rings. The molecule has 20 heavy (non-hydrogen) atoms. The summed E-state index contributed by atoms with van der Waals surface area (Å²) in [5, 5.41) is 0. The predicted octanol–water partition coefficient (Wildman–Crippen LogP) is 3.95. The smallest absolute Gasteiger partial charge is 0.161 e. The highest BCUT2D eigenvalue weighted by Crippen LogP contribution is 2.29. The average molecular weight is 276 g/mol. The van der Waals surface area contributed by atoms with E-state index >= 15 is 0 Å². The summed E-state index contributed by atoms with van der Waals surface area (Å²) in [6, 6.07) is 5.99. The summed E-state index contributed by atoms with van der Waals surface area (Å²) in [5.74, 6) is 1.67. The first kappa shape index (κ1) is 16.3. The topological polar surface area (TPSA) is 35.5 Å². The highest BCUT2D eigenvalue weighted by atomic mass is 16.5. The number of ether oxygens (including phenoxy) is 2. The van der Waals surface area contributed by atoms with Crippen LogP contribution in [-0.2, 0) is 11.2 Å². The second-order valence-corrected chi connectivity index (χ2v) is 4.59. The van der Waals surface area contributed by atoms with E-state index in [0.717, 1.165) is 36.3 Å². The van der Waals surface area contributed by atoms with Crippen molar-refractivity contribution >= 4 is 5.78 Å². The third-order valence-corrected chi connectivity index (χ3v) is 2.89. The van der Waals surface area contributed by atoms with E-state index in [1.54, 1.807) is 0 Å². The number of aryl methyl sites for hydroxylation is 1. The van der Waals surface area contributed by atoms with Crippen LogP contribution in [0.5, 0.6) is 11.5 Å². The van der Waals surface area contributed by atoms with Gasteiger partial charge >= 0.3 is 0 Å². The molecule has 0 aliphatic heterocycles. The average Bonchev–Trinajstić information content (AvgIpc) is 2.46. The van der Waals surface area contributed by atoms with Gasteiger partial charge in [0.05, 0.1) is 13.2 Å². The molecule has 1 aromatic rings. The number of benzene rings is 1. The Bertz CT molecular complexity index is 438. The van der Waals surface area contributed by atoms with E-state index in [9.17, 15) is 4.79 Å². The van der Waals surface area contributed by atoms with Gasteiger partial charge in [-0.2, -0.15) is 0 Å². The second kappa shape index (κ2) is 9.18. The summed E-state index contributed by atoms with van der Waals surface area (Å²) in [7, 11) is 0. The molecule has 0 aliphatic carbocycles. The summed E-state index contributed by atoms with van der Waals surface area (Å²) >= 11 is 0. The van der Waals surface area contributed by atoms with Gasteiger partial charge in [0.1, 0.15) is 0 Å². The SMILES string of the molecule is C=CC(=O)CCCc1ccc(OCCC)c(OCC)c1. The Labute approximate surface area is 121 Å². The first-order chi connectivity index (χ1) is 9.71. The molecule has 0 bridgehead atoms. The Balaban J connectivity index is 2.66. The van der Waals surface area contributed by atoms with Crippen LogP contribution in [0.25, 0.3) is 0 Å². The fraction of sp³-hybridized carbons (Fsp3) is 0.471. The van der Waals surface area contributed by atoms with Crippen molar-refractivity contribution in [3.05, 3.63) is 36.4 Å². The third-order valence-electron chi connectivity index (χ3n) is 2.89. The summed E-state index contributed by atoms with van der Waals surface area (Å²) in [4.78, 5) is 11.2. The molecule has 0 spiro atoms. The maximum absolute atomic E-state index is 11.2. The van der Waals surface area contributed by atoms with E-state index in [1.165, 1.54) is 6.08 Å². The van der Waals surface area contributed by atoms with Gasteiger partial charge < -0.3 is 9.47 Å². The molecule has 0 fully saturated rings. The number of carbonyl (C=O) groups is 1. The van der Waals surface area contributed by atoms with Gasteiger partial charge in [0.15, 0.2) is 17.3 Å². The number of hydrogen-bond acceptors (Lipinski definition) is 3. The normalized spacial score (nSPS) is 10.1. The van der Waals surface area contributed by atoms with Crippen LogP contribution in [0.15, 0.2) is 30.9 Å². The lowest BCUT2D eigenvalue weighted by Gasteiger charge is -2.13. The zero-order valence-corrected chi connectivity index (χ0v) is 12.5. The van der Waals surface area contributed by atoms with E-state index in [1.807, 2.05) is 25.1 Å². The van der Waals surface area contributed by atoms with Gasteiger partial charge in [0.2, 0.25) is 0 Å². The predicted molar refractivity (Wildman–Crippen MR) is 81.5 cm³/mol. The molecule has 1 aromatic carbocycles. The van der Waals surface area contributed by atoms with Crippen LogP contribution in [0, 0.1) is 0 Å². The summed E-state index contributed by atoms with van der Waals surface area (Å²) in [6.45, 7) is 8.81. The first-order valence-electron chi connectivity index (χ1n) is 7.25. The Morgan fingerprint density at radius 3 is 2.70 bits per heavy atom. The number of carbonyl (C=O) groups excluding carboxylic acids is 1. The third kappa shape index (κ3) is 5.47. The molecule has 3 nitrogen and oxygen atoms in total. The molecular formula is C17H24O3. The maximum atomic E-state index is 11.2. The molecule has 3 heteroatoms. The Morgan fingerprint density at radius 2 is 2.05 bits per heavy atom. The monoisotopic (exact) mass is 276 g/mol. The minimum atomic E-state index is 0.0953. The number of rotatable bonds is 10. The van der Waals surface area contributed by atoms with Crippen molar-refractivity contribution in [1.29, 1.82) is 0 Å². The van der Waals surface area contributed by atoms with E-state index in [-0.39, 0.29) is 5.78 Å². The molecule has 0 atom stereocenters. The van der Waals surface area contributed by atoms with Crippen molar-refractivity contribution in [2.24, 2.45) is 0 Å². The first-order valence-corrected chi connectivity index (χ1v) is 7.25. The van der Waals surface area contributed by atoms with Crippen LogP contribution < -0.4 is 9.47 Å². The van der Waals surface area contributed by atoms with Gasteiger partial charge in [-0.1, -0.05) is 19.6 Å². The standard InChI is InChI=1S/C17H24O3/c1-4-12-20-16-11-10-14(13-17(16)19-6-3)8-7-9-15(18)5-2/h5,10-11,13H,2,4,6-9,12H2,1,3H3. The Morgan fingerprint density at radius 1 is 1.25 bits per heavy atom. The van der Waals surface area contributed by atoms with Gasteiger partial charge in [-0.05, 0) is 50.0 Å². The van der Waals surface area contributed by atoms with Crippen molar-refractivity contribution in [3.8, 4) is 11.5 Å². The number of ketones is 1. The Kier molecular flexibility index (Phi) is 7.48. The lowest BCUT2D eigenvalue weighted by molar-refractivity contribution is -0.114. The molecule has 1 rings (SSSR count). The molecule has 0 saturated heterocycles. The van der Waals surface area contributed by atoms with Crippen LogP contribution in [0.3, 0.4) is 0 Å². The van der Waals surface area contributed by atoms with E-state index < -0.39 is 0 Å². The van der Waals surface area contributed by atoms with E-state index in [0.29, 0.717) is 19.6 Å². The van der Waals surface area contributed by atoms with Gasteiger partial charge in [0, 0.05) is 6.42 Å². The van der Waals surface area contributed by atoms with Crippen LogP contribution in [0.2, 0.25) is 0 Å². The fourth-order valence-electron chi connectivity index (χ4n) is 1.88. The fourth-order valence-corrected chi connectivity index (χ4v) is 1.88.